The van der Waals surface area contributed by atoms with Gasteiger partial charge in [0.25, 0.3) is 0 Å². The van der Waals surface area contributed by atoms with Crippen LogP contribution < -0.4 is 0 Å². The lowest BCUT2D eigenvalue weighted by atomic mass is 10.2. The molecule has 2 nitrogen and oxygen atoms in total. The monoisotopic (exact) mass is 294 g/mol. The molecule has 0 aliphatic carbocycles. The second kappa shape index (κ2) is 4.83. The molecular weight excluding hydrogens is 286 g/mol. The number of halogens is 3. The largest absolute Gasteiger partial charge is 0.292 e. The van der Waals surface area contributed by atoms with Gasteiger partial charge in [0.05, 0.1) is 22.1 Å². The average molecular weight is 295 g/mol. The molecule has 96 valence electrons. The van der Waals surface area contributed by atoms with Crippen LogP contribution >= 0.6 is 23.2 Å². The van der Waals surface area contributed by atoms with Crippen molar-refractivity contribution in [3.63, 3.8) is 0 Å². The van der Waals surface area contributed by atoms with Gasteiger partial charge in [-0.1, -0.05) is 29.8 Å². The van der Waals surface area contributed by atoms with E-state index in [4.69, 9.17) is 23.2 Å². The van der Waals surface area contributed by atoms with E-state index in [1.807, 2.05) is 12.1 Å². The molecule has 3 aromatic rings. The lowest BCUT2D eigenvalue weighted by molar-refractivity contribution is 0.618. The fourth-order valence-electron chi connectivity index (χ4n) is 2.10. The second-order valence-corrected chi connectivity index (χ2v) is 4.73. The van der Waals surface area contributed by atoms with E-state index in [-0.39, 0.29) is 11.7 Å². The van der Waals surface area contributed by atoms with Crippen molar-refractivity contribution in [3.05, 3.63) is 59.1 Å². The molecule has 0 N–H and O–H groups in total. The van der Waals surface area contributed by atoms with Crippen LogP contribution in [0.25, 0.3) is 16.7 Å². The first kappa shape index (κ1) is 12.5. The van der Waals surface area contributed by atoms with Gasteiger partial charge in [0, 0.05) is 0 Å². The number of nitrogens with zero attached hydrogens (tertiary/aromatic N) is 2. The Hall–Kier alpha value is -1.58. The summed E-state index contributed by atoms with van der Waals surface area (Å²) >= 11 is 12.0. The van der Waals surface area contributed by atoms with Crippen molar-refractivity contribution in [2.45, 2.75) is 5.88 Å². The Bertz CT molecular complexity index is 752. The molecule has 3 rings (SSSR count). The van der Waals surface area contributed by atoms with Gasteiger partial charge in [-0.25, -0.2) is 9.37 Å². The summed E-state index contributed by atoms with van der Waals surface area (Å²) in [4.78, 5) is 4.38. The highest BCUT2D eigenvalue weighted by Gasteiger charge is 2.15. The van der Waals surface area contributed by atoms with Gasteiger partial charge < -0.3 is 0 Å². The molecule has 19 heavy (non-hydrogen) atoms. The third kappa shape index (κ3) is 1.99. The number of para-hydroxylation sites is 2. The number of alkyl halides is 1. The van der Waals surface area contributed by atoms with E-state index in [0.717, 1.165) is 5.52 Å². The van der Waals surface area contributed by atoms with Crippen LogP contribution in [-0.4, -0.2) is 9.55 Å². The third-order valence-electron chi connectivity index (χ3n) is 2.92. The second-order valence-electron chi connectivity index (χ2n) is 4.06. The maximum atomic E-state index is 14.0. The van der Waals surface area contributed by atoms with Crippen molar-refractivity contribution < 1.29 is 4.39 Å². The molecule has 0 saturated carbocycles. The highest BCUT2D eigenvalue weighted by Crippen LogP contribution is 2.28. The molecule has 0 bridgehead atoms. The molecule has 0 fully saturated rings. The minimum absolute atomic E-state index is 0.180. The Balaban J connectivity index is 2.40. The smallest absolute Gasteiger partial charge is 0.147 e. The lowest BCUT2D eigenvalue weighted by Crippen LogP contribution is -2.01. The lowest BCUT2D eigenvalue weighted by Gasteiger charge is -2.08. The van der Waals surface area contributed by atoms with E-state index in [1.165, 1.54) is 6.07 Å². The van der Waals surface area contributed by atoms with Crippen LogP contribution in [0.3, 0.4) is 0 Å². The van der Waals surface area contributed by atoms with Gasteiger partial charge in [0.15, 0.2) is 0 Å². The Morgan fingerprint density at radius 3 is 2.63 bits per heavy atom. The fraction of sp³-hybridized carbons (Fsp3) is 0.0714. The quantitative estimate of drug-likeness (QED) is 0.634. The van der Waals surface area contributed by atoms with Gasteiger partial charge in [-0.3, -0.25) is 4.57 Å². The van der Waals surface area contributed by atoms with Crippen LogP contribution in [0.2, 0.25) is 5.02 Å². The van der Waals surface area contributed by atoms with Crippen LogP contribution in [0.15, 0.2) is 42.5 Å². The van der Waals surface area contributed by atoms with Crippen molar-refractivity contribution in [1.29, 1.82) is 0 Å². The maximum absolute atomic E-state index is 14.0. The number of fused-ring (bicyclic) bond motifs is 1. The van der Waals surface area contributed by atoms with Crippen molar-refractivity contribution >= 4 is 34.2 Å². The molecule has 1 heterocycles. The number of hydrogen-bond donors (Lipinski definition) is 0. The summed E-state index contributed by atoms with van der Waals surface area (Å²) in [6, 6.07) is 11.9. The first-order valence-electron chi connectivity index (χ1n) is 5.69. The van der Waals surface area contributed by atoms with Gasteiger partial charge in [-0.15, -0.1) is 11.6 Å². The van der Waals surface area contributed by atoms with E-state index in [2.05, 4.69) is 4.98 Å². The van der Waals surface area contributed by atoms with Gasteiger partial charge in [-0.2, -0.15) is 0 Å². The highest BCUT2D eigenvalue weighted by molar-refractivity contribution is 6.35. The van der Waals surface area contributed by atoms with E-state index >= 15 is 0 Å². The molecular formula is C14H9Cl2FN2. The molecule has 2 aromatic carbocycles. The number of hydrogen-bond acceptors (Lipinski definition) is 1. The zero-order valence-electron chi connectivity index (χ0n) is 9.78. The summed E-state index contributed by atoms with van der Waals surface area (Å²) in [7, 11) is 0. The first-order valence-corrected chi connectivity index (χ1v) is 6.60. The van der Waals surface area contributed by atoms with E-state index in [0.29, 0.717) is 22.1 Å². The van der Waals surface area contributed by atoms with E-state index in [9.17, 15) is 4.39 Å². The molecule has 5 heteroatoms. The molecule has 0 saturated heterocycles. The van der Waals surface area contributed by atoms with Crippen molar-refractivity contribution in [2.24, 2.45) is 0 Å². The molecule has 0 radical (unpaired) electrons. The Kier molecular flexibility index (Phi) is 3.17. The topological polar surface area (TPSA) is 17.8 Å². The zero-order chi connectivity index (χ0) is 13.4. The van der Waals surface area contributed by atoms with Crippen molar-refractivity contribution in [3.8, 4) is 5.69 Å². The minimum Gasteiger partial charge on any atom is -0.292 e. The Morgan fingerprint density at radius 1 is 1.11 bits per heavy atom. The molecule has 0 aliphatic heterocycles. The molecule has 0 amide bonds. The molecule has 0 unspecified atom stereocenters. The number of benzene rings is 2. The predicted molar refractivity (Wildman–Crippen MR) is 75.6 cm³/mol. The number of imidazole rings is 1. The number of aromatic nitrogens is 2. The SMILES string of the molecule is Fc1ccccc1-n1c(CCl)nc2c(Cl)cccc21. The molecule has 1 aromatic heterocycles. The first-order chi connectivity index (χ1) is 9.22. The minimum atomic E-state index is -0.326. The summed E-state index contributed by atoms with van der Waals surface area (Å²) in [5.74, 6) is 0.419. The zero-order valence-corrected chi connectivity index (χ0v) is 11.3. The molecule has 0 atom stereocenters. The van der Waals surface area contributed by atoms with Gasteiger partial charge >= 0.3 is 0 Å². The normalized spacial score (nSPS) is 11.1. The number of rotatable bonds is 2. The van der Waals surface area contributed by atoms with Gasteiger partial charge in [-0.05, 0) is 24.3 Å². The van der Waals surface area contributed by atoms with Crippen molar-refractivity contribution in [1.82, 2.24) is 9.55 Å². The van der Waals surface area contributed by atoms with Crippen molar-refractivity contribution in [2.75, 3.05) is 0 Å². The highest BCUT2D eigenvalue weighted by atomic mass is 35.5. The predicted octanol–water partition coefficient (Wildman–Crippen LogP) is 4.56. The summed E-state index contributed by atoms with van der Waals surface area (Å²) < 4.78 is 15.7. The summed E-state index contributed by atoms with van der Waals surface area (Å²) in [6.07, 6.45) is 0. The van der Waals surface area contributed by atoms with E-state index < -0.39 is 0 Å². The van der Waals surface area contributed by atoms with Crippen LogP contribution in [0.4, 0.5) is 4.39 Å². The Labute approximate surface area is 119 Å². The average Bonchev–Trinajstić information content (AvgIpc) is 2.79. The summed E-state index contributed by atoms with van der Waals surface area (Å²) in [5, 5.41) is 0.527. The maximum Gasteiger partial charge on any atom is 0.147 e. The van der Waals surface area contributed by atoms with Crippen LogP contribution in [0.5, 0.6) is 0 Å². The summed E-state index contributed by atoms with van der Waals surface area (Å²) in [6.45, 7) is 0. The Morgan fingerprint density at radius 2 is 1.89 bits per heavy atom. The van der Waals surface area contributed by atoms with E-state index in [1.54, 1.807) is 28.8 Å². The molecule has 0 spiro atoms. The van der Waals surface area contributed by atoms with Crippen LogP contribution in [-0.2, 0) is 5.88 Å². The van der Waals surface area contributed by atoms with Gasteiger partial charge in [0.2, 0.25) is 0 Å². The van der Waals surface area contributed by atoms with Crippen LogP contribution in [0, 0.1) is 5.82 Å². The standard InChI is InChI=1S/C14H9Cl2FN2/c15-8-13-18-14-9(16)4-3-7-12(14)19(13)11-6-2-1-5-10(11)17/h1-7H,8H2. The van der Waals surface area contributed by atoms with Gasteiger partial charge in [0.1, 0.15) is 17.2 Å². The molecule has 0 aliphatic rings. The fourth-order valence-corrected chi connectivity index (χ4v) is 2.50. The summed E-state index contributed by atoms with van der Waals surface area (Å²) in [5.41, 5.74) is 1.79. The third-order valence-corrected chi connectivity index (χ3v) is 3.46. The van der Waals surface area contributed by atoms with Crippen LogP contribution in [0.1, 0.15) is 5.82 Å².